The van der Waals surface area contributed by atoms with E-state index in [0.717, 1.165) is 19.0 Å². The van der Waals surface area contributed by atoms with Crippen LogP contribution in [0.15, 0.2) is 17.5 Å². The first-order chi connectivity index (χ1) is 8.27. The van der Waals surface area contributed by atoms with Crippen molar-refractivity contribution in [2.75, 3.05) is 26.2 Å². The highest BCUT2D eigenvalue weighted by atomic mass is 32.1. The Morgan fingerprint density at radius 3 is 2.65 bits per heavy atom. The number of thiophene rings is 1. The third kappa shape index (κ3) is 3.80. The fraction of sp³-hybridized carbons (Fsp3) is 0.714. The molecule has 2 nitrogen and oxygen atoms in total. The van der Waals surface area contributed by atoms with Gasteiger partial charge in [0.1, 0.15) is 0 Å². The fourth-order valence-corrected chi connectivity index (χ4v) is 3.37. The largest absolute Gasteiger partial charge is 0.314 e. The molecule has 0 aromatic carbocycles. The fourth-order valence-electron chi connectivity index (χ4n) is 2.47. The first-order valence-corrected chi connectivity index (χ1v) is 7.63. The van der Waals surface area contributed by atoms with Crippen LogP contribution in [0.3, 0.4) is 0 Å². The molecule has 1 aliphatic heterocycles. The molecule has 0 aliphatic carbocycles. The van der Waals surface area contributed by atoms with Gasteiger partial charge >= 0.3 is 0 Å². The Balaban J connectivity index is 2.01. The molecule has 1 fully saturated rings. The van der Waals surface area contributed by atoms with Crippen LogP contribution in [0, 0.1) is 5.92 Å². The van der Waals surface area contributed by atoms with E-state index in [1.807, 2.05) is 11.3 Å². The van der Waals surface area contributed by atoms with Gasteiger partial charge < -0.3 is 5.32 Å². The zero-order valence-corrected chi connectivity index (χ0v) is 11.8. The van der Waals surface area contributed by atoms with Crippen LogP contribution in [-0.2, 0) is 0 Å². The molecule has 0 spiro atoms. The third-order valence-corrected chi connectivity index (χ3v) is 4.45. The molecular formula is C14H24N2S. The van der Waals surface area contributed by atoms with Crippen molar-refractivity contribution in [3.63, 3.8) is 0 Å². The van der Waals surface area contributed by atoms with Crippen molar-refractivity contribution < 1.29 is 0 Å². The average Bonchev–Trinajstić information content (AvgIpc) is 2.84. The first-order valence-electron chi connectivity index (χ1n) is 6.75. The summed E-state index contributed by atoms with van der Waals surface area (Å²) in [4.78, 5) is 4.21. The van der Waals surface area contributed by atoms with Crippen LogP contribution in [0.5, 0.6) is 0 Å². The minimum Gasteiger partial charge on any atom is -0.314 e. The molecule has 96 valence electrons. The van der Waals surface area contributed by atoms with E-state index in [2.05, 4.69) is 41.6 Å². The van der Waals surface area contributed by atoms with Gasteiger partial charge in [0.2, 0.25) is 0 Å². The van der Waals surface area contributed by atoms with Gasteiger partial charge in [-0.25, -0.2) is 0 Å². The molecule has 1 atom stereocenters. The van der Waals surface area contributed by atoms with Crippen molar-refractivity contribution in [2.24, 2.45) is 5.92 Å². The highest BCUT2D eigenvalue weighted by Crippen LogP contribution is 2.30. The van der Waals surface area contributed by atoms with E-state index < -0.39 is 0 Å². The zero-order chi connectivity index (χ0) is 12.1. The maximum atomic E-state index is 3.44. The van der Waals surface area contributed by atoms with Crippen LogP contribution in [-0.4, -0.2) is 31.1 Å². The molecule has 0 radical (unpaired) electrons. The van der Waals surface area contributed by atoms with Crippen LogP contribution >= 0.6 is 11.3 Å². The van der Waals surface area contributed by atoms with Crippen LogP contribution in [0.2, 0.25) is 0 Å². The van der Waals surface area contributed by atoms with E-state index in [0.29, 0.717) is 6.04 Å². The van der Waals surface area contributed by atoms with Crippen molar-refractivity contribution in [3.8, 4) is 0 Å². The summed E-state index contributed by atoms with van der Waals surface area (Å²) >= 11 is 1.91. The molecule has 0 saturated carbocycles. The lowest BCUT2D eigenvalue weighted by molar-refractivity contribution is 0.162. The second-order valence-electron chi connectivity index (χ2n) is 5.29. The second kappa shape index (κ2) is 6.53. The summed E-state index contributed by atoms with van der Waals surface area (Å²) in [7, 11) is 0. The molecule has 1 aromatic rings. The smallest absolute Gasteiger partial charge is 0.0442 e. The third-order valence-electron chi connectivity index (χ3n) is 3.48. The number of piperazine rings is 1. The maximum absolute atomic E-state index is 3.44. The lowest BCUT2D eigenvalue weighted by Gasteiger charge is -2.34. The van der Waals surface area contributed by atoms with Crippen LogP contribution < -0.4 is 5.32 Å². The van der Waals surface area contributed by atoms with Gasteiger partial charge in [-0.2, -0.15) is 0 Å². The van der Waals surface area contributed by atoms with E-state index in [1.54, 1.807) is 4.88 Å². The summed E-state index contributed by atoms with van der Waals surface area (Å²) in [5.41, 5.74) is 0. The Morgan fingerprint density at radius 2 is 2.06 bits per heavy atom. The predicted octanol–water partition coefficient (Wildman–Crippen LogP) is 3.13. The molecule has 3 heteroatoms. The average molecular weight is 252 g/mol. The molecular weight excluding hydrogens is 228 g/mol. The van der Waals surface area contributed by atoms with Crippen molar-refractivity contribution in [1.29, 1.82) is 0 Å². The number of nitrogens with one attached hydrogen (secondary N) is 1. The second-order valence-corrected chi connectivity index (χ2v) is 6.27. The summed E-state index contributed by atoms with van der Waals surface area (Å²) in [6.07, 6.45) is 2.63. The predicted molar refractivity (Wildman–Crippen MR) is 75.6 cm³/mol. The number of rotatable bonds is 5. The number of nitrogens with zero attached hydrogens (tertiary/aromatic N) is 1. The van der Waals surface area contributed by atoms with E-state index in [4.69, 9.17) is 0 Å². The zero-order valence-electron chi connectivity index (χ0n) is 11.0. The Kier molecular flexibility index (Phi) is 5.01. The standard InChI is InChI=1S/C14H24N2S/c1-12(2)5-6-13(14-4-3-11-17-14)16-9-7-15-8-10-16/h3-4,11-13,15H,5-10H2,1-2H3/t13-/m0/s1. The van der Waals surface area contributed by atoms with Crippen LogP contribution in [0.4, 0.5) is 0 Å². The maximum Gasteiger partial charge on any atom is 0.0442 e. The normalized spacial score (nSPS) is 19.7. The molecule has 0 bridgehead atoms. The van der Waals surface area contributed by atoms with Gasteiger partial charge in [-0.1, -0.05) is 19.9 Å². The van der Waals surface area contributed by atoms with E-state index >= 15 is 0 Å². The van der Waals surface area contributed by atoms with Crippen molar-refractivity contribution in [3.05, 3.63) is 22.4 Å². The van der Waals surface area contributed by atoms with Crippen molar-refractivity contribution in [1.82, 2.24) is 10.2 Å². The Morgan fingerprint density at radius 1 is 1.29 bits per heavy atom. The quantitative estimate of drug-likeness (QED) is 0.866. The minimum absolute atomic E-state index is 0.652. The molecule has 2 heterocycles. The molecule has 1 N–H and O–H groups in total. The van der Waals surface area contributed by atoms with Crippen LogP contribution in [0.1, 0.15) is 37.6 Å². The van der Waals surface area contributed by atoms with Gasteiger partial charge in [-0.3, -0.25) is 4.90 Å². The molecule has 0 amide bonds. The highest BCUT2D eigenvalue weighted by molar-refractivity contribution is 7.10. The molecule has 1 aliphatic rings. The number of hydrogen-bond donors (Lipinski definition) is 1. The number of hydrogen-bond acceptors (Lipinski definition) is 3. The lowest BCUT2D eigenvalue weighted by Crippen LogP contribution is -2.45. The molecule has 1 aromatic heterocycles. The van der Waals surface area contributed by atoms with E-state index in [9.17, 15) is 0 Å². The Bertz CT molecular complexity index is 302. The summed E-state index contributed by atoms with van der Waals surface area (Å²) < 4.78 is 0. The van der Waals surface area contributed by atoms with Gasteiger partial charge in [0.25, 0.3) is 0 Å². The minimum atomic E-state index is 0.652. The summed E-state index contributed by atoms with van der Waals surface area (Å²) in [6, 6.07) is 5.14. The summed E-state index contributed by atoms with van der Waals surface area (Å²) in [6.45, 7) is 9.32. The monoisotopic (exact) mass is 252 g/mol. The first kappa shape index (κ1) is 13.1. The van der Waals surface area contributed by atoms with Gasteiger partial charge in [0.05, 0.1) is 0 Å². The van der Waals surface area contributed by atoms with Crippen molar-refractivity contribution in [2.45, 2.75) is 32.7 Å². The van der Waals surface area contributed by atoms with Crippen LogP contribution in [0.25, 0.3) is 0 Å². The van der Waals surface area contributed by atoms with E-state index in [1.165, 1.54) is 25.9 Å². The Labute approximate surface area is 109 Å². The van der Waals surface area contributed by atoms with Gasteiger partial charge in [-0.15, -0.1) is 11.3 Å². The summed E-state index contributed by atoms with van der Waals surface area (Å²) in [5.74, 6) is 0.806. The highest BCUT2D eigenvalue weighted by Gasteiger charge is 2.22. The van der Waals surface area contributed by atoms with E-state index in [-0.39, 0.29) is 0 Å². The molecule has 17 heavy (non-hydrogen) atoms. The topological polar surface area (TPSA) is 15.3 Å². The SMILES string of the molecule is CC(C)CC[C@@H](c1cccs1)N1CCNCC1. The van der Waals surface area contributed by atoms with Crippen molar-refractivity contribution >= 4 is 11.3 Å². The molecule has 2 rings (SSSR count). The van der Waals surface area contributed by atoms with Gasteiger partial charge in [0, 0.05) is 37.1 Å². The summed E-state index contributed by atoms with van der Waals surface area (Å²) in [5, 5.41) is 5.65. The lowest BCUT2D eigenvalue weighted by atomic mass is 10.0. The van der Waals surface area contributed by atoms with Gasteiger partial charge in [-0.05, 0) is 30.2 Å². The Hall–Kier alpha value is -0.380. The molecule has 1 saturated heterocycles. The molecule has 0 unspecified atom stereocenters. The van der Waals surface area contributed by atoms with Gasteiger partial charge in [0.15, 0.2) is 0 Å².